The summed E-state index contributed by atoms with van der Waals surface area (Å²) in [6.07, 6.45) is -3.81. The molecule has 0 saturated carbocycles. The van der Waals surface area contributed by atoms with Gasteiger partial charge in [-0.05, 0) is 31.0 Å². The molecule has 2 unspecified atom stereocenters. The Balaban J connectivity index is 2.20. The number of carbonyl (C=O) groups excluding carboxylic acids is 1. The van der Waals surface area contributed by atoms with Gasteiger partial charge >= 0.3 is 6.18 Å². The molecule has 1 aliphatic carbocycles. The Kier molecular flexibility index (Phi) is 6.11. The Morgan fingerprint density at radius 2 is 1.92 bits per heavy atom. The molecule has 0 aliphatic heterocycles. The summed E-state index contributed by atoms with van der Waals surface area (Å²) in [4.78, 5) is 12.6. The van der Waals surface area contributed by atoms with Gasteiger partial charge in [-0.2, -0.15) is 13.2 Å². The van der Waals surface area contributed by atoms with E-state index in [4.69, 9.17) is 14.2 Å². The van der Waals surface area contributed by atoms with Gasteiger partial charge in [0.05, 0.1) is 31.8 Å². The van der Waals surface area contributed by atoms with Crippen molar-refractivity contribution in [2.24, 2.45) is 5.92 Å². The number of hydrogen-bond acceptors (Lipinski definition) is 4. The first-order valence-electron chi connectivity index (χ1n) is 7.84. The molecule has 1 aromatic carbocycles. The van der Waals surface area contributed by atoms with Crippen LogP contribution >= 0.6 is 0 Å². The summed E-state index contributed by atoms with van der Waals surface area (Å²) >= 11 is 0. The molecule has 0 saturated heterocycles. The van der Waals surface area contributed by atoms with Crippen molar-refractivity contribution >= 4 is 5.78 Å². The number of halogens is 3. The fourth-order valence-electron chi connectivity index (χ4n) is 3.00. The van der Waals surface area contributed by atoms with Gasteiger partial charge < -0.3 is 14.2 Å². The van der Waals surface area contributed by atoms with Crippen LogP contribution in [-0.2, 0) is 4.74 Å². The molecule has 0 radical (unpaired) electrons. The molecule has 1 aromatic rings. The first-order chi connectivity index (χ1) is 11.8. The maximum atomic E-state index is 13.0. The topological polar surface area (TPSA) is 44.8 Å². The molecule has 2 rings (SSSR count). The summed E-state index contributed by atoms with van der Waals surface area (Å²) in [7, 11) is 4.18. The fraction of sp³-hybridized carbons (Fsp3) is 0.500. The number of methoxy groups -OCH3 is 3. The van der Waals surface area contributed by atoms with Gasteiger partial charge in [0, 0.05) is 13.5 Å². The van der Waals surface area contributed by atoms with E-state index in [0.717, 1.165) is 0 Å². The molecule has 0 fully saturated rings. The van der Waals surface area contributed by atoms with E-state index in [1.165, 1.54) is 27.4 Å². The third-order valence-corrected chi connectivity index (χ3v) is 4.36. The third kappa shape index (κ3) is 4.54. The number of alkyl halides is 3. The second kappa shape index (κ2) is 7.91. The Morgan fingerprint density at radius 1 is 1.20 bits per heavy atom. The molecule has 0 aromatic heterocycles. The molecule has 2 atom stereocenters. The second-order valence-corrected chi connectivity index (χ2v) is 5.88. The number of rotatable bonds is 6. The van der Waals surface area contributed by atoms with Crippen molar-refractivity contribution in [1.82, 2.24) is 0 Å². The summed E-state index contributed by atoms with van der Waals surface area (Å²) in [6, 6.07) is 4.86. The van der Waals surface area contributed by atoms with Gasteiger partial charge in [0.1, 0.15) is 11.5 Å². The van der Waals surface area contributed by atoms with Gasteiger partial charge in [-0.15, -0.1) is 0 Å². The van der Waals surface area contributed by atoms with Crippen LogP contribution in [0.2, 0.25) is 0 Å². The Hall–Kier alpha value is -2.02. The smallest absolute Gasteiger partial charge is 0.394 e. The van der Waals surface area contributed by atoms with Crippen LogP contribution in [0.15, 0.2) is 29.8 Å². The fourth-order valence-corrected chi connectivity index (χ4v) is 3.00. The Labute approximate surface area is 144 Å². The van der Waals surface area contributed by atoms with Crippen LogP contribution in [0.5, 0.6) is 11.5 Å². The Morgan fingerprint density at radius 3 is 2.48 bits per heavy atom. The van der Waals surface area contributed by atoms with Crippen LogP contribution in [0, 0.1) is 5.92 Å². The predicted molar refractivity (Wildman–Crippen MR) is 86.2 cm³/mol. The average Bonchev–Trinajstić information content (AvgIpc) is 2.59. The van der Waals surface area contributed by atoms with Crippen LogP contribution in [0.1, 0.15) is 29.6 Å². The molecular weight excluding hydrogens is 337 g/mol. The average molecular weight is 358 g/mol. The largest absolute Gasteiger partial charge is 0.497 e. The summed E-state index contributed by atoms with van der Waals surface area (Å²) in [6.45, 7) is 0. The molecule has 4 nitrogen and oxygen atoms in total. The van der Waals surface area contributed by atoms with E-state index in [9.17, 15) is 18.0 Å². The molecular formula is C18H21F3O4. The number of ketones is 1. The first kappa shape index (κ1) is 19.3. The van der Waals surface area contributed by atoms with Gasteiger partial charge in [0.2, 0.25) is 0 Å². The van der Waals surface area contributed by atoms with Gasteiger partial charge in [-0.1, -0.05) is 11.6 Å². The maximum absolute atomic E-state index is 13.0. The summed E-state index contributed by atoms with van der Waals surface area (Å²) in [5, 5.41) is 0. The van der Waals surface area contributed by atoms with Crippen molar-refractivity contribution in [3.8, 4) is 11.5 Å². The van der Waals surface area contributed by atoms with E-state index in [1.54, 1.807) is 18.2 Å². The van der Waals surface area contributed by atoms with Crippen molar-refractivity contribution in [3.63, 3.8) is 0 Å². The zero-order valence-electron chi connectivity index (χ0n) is 14.4. The Bertz CT molecular complexity index is 652. The number of benzene rings is 1. The number of carbonyl (C=O) groups is 1. The lowest BCUT2D eigenvalue weighted by atomic mass is 9.84. The van der Waals surface area contributed by atoms with Gasteiger partial charge in [-0.3, -0.25) is 4.79 Å². The molecule has 25 heavy (non-hydrogen) atoms. The second-order valence-electron chi connectivity index (χ2n) is 5.88. The van der Waals surface area contributed by atoms with E-state index in [2.05, 4.69) is 0 Å². The molecule has 0 N–H and O–H groups in total. The van der Waals surface area contributed by atoms with Crippen LogP contribution in [-0.4, -0.2) is 39.4 Å². The number of Topliss-reactive ketones (excluding diaryl/α,β-unsaturated/α-hetero) is 1. The van der Waals surface area contributed by atoms with Crippen molar-refractivity contribution in [2.75, 3.05) is 21.3 Å². The van der Waals surface area contributed by atoms with E-state index >= 15 is 0 Å². The zero-order chi connectivity index (χ0) is 18.6. The number of hydrogen-bond donors (Lipinski definition) is 0. The SMILES string of the molecule is COc1ccc(OC)c(C(=O)CC2=CC(OC)C(C(F)(F)F)CC2)c1. The molecule has 138 valence electrons. The van der Waals surface area contributed by atoms with E-state index in [1.807, 2.05) is 0 Å². The standard InChI is InChI=1S/C18H21F3O4/c1-23-12-5-7-16(24-2)13(10-12)15(22)8-11-4-6-14(18(19,20)21)17(9-11)25-3/h5,7,9-10,14,17H,4,6,8H2,1-3H3. The van der Waals surface area contributed by atoms with Crippen LogP contribution in [0.4, 0.5) is 13.2 Å². The summed E-state index contributed by atoms with van der Waals surface area (Å²) < 4.78 is 54.3. The lowest BCUT2D eigenvalue weighted by Crippen LogP contribution is -2.36. The lowest BCUT2D eigenvalue weighted by molar-refractivity contribution is -0.200. The normalized spacial score (nSPS) is 20.8. The summed E-state index contributed by atoms with van der Waals surface area (Å²) in [5.74, 6) is -0.864. The molecule has 1 aliphatic rings. The highest BCUT2D eigenvalue weighted by Crippen LogP contribution is 2.39. The lowest BCUT2D eigenvalue weighted by Gasteiger charge is -2.30. The molecule has 7 heteroatoms. The van der Waals surface area contributed by atoms with Crippen LogP contribution < -0.4 is 9.47 Å². The highest BCUT2D eigenvalue weighted by atomic mass is 19.4. The van der Waals surface area contributed by atoms with Crippen molar-refractivity contribution in [2.45, 2.75) is 31.5 Å². The molecule has 0 heterocycles. The third-order valence-electron chi connectivity index (χ3n) is 4.36. The summed E-state index contributed by atoms with van der Waals surface area (Å²) in [5.41, 5.74) is 0.983. The minimum atomic E-state index is -4.32. The van der Waals surface area contributed by atoms with Crippen LogP contribution in [0.3, 0.4) is 0 Å². The zero-order valence-corrected chi connectivity index (χ0v) is 14.4. The van der Waals surface area contributed by atoms with Crippen LogP contribution in [0.25, 0.3) is 0 Å². The predicted octanol–water partition coefficient (Wildman–Crippen LogP) is 4.19. The maximum Gasteiger partial charge on any atom is 0.394 e. The van der Waals surface area contributed by atoms with Gasteiger partial charge in [0.25, 0.3) is 0 Å². The number of ether oxygens (including phenoxy) is 3. The first-order valence-corrected chi connectivity index (χ1v) is 7.84. The van der Waals surface area contributed by atoms with E-state index in [-0.39, 0.29) is 25.0 Å². The van der Waals surface area contributed by atoms with Gasteiger partial charge in [-0.25, -0.2) is 0 Å². The molecule has 0 bridgehead atoms. The number of allylic oxidation sites excluding steroid dienone is 1. The van der Waals surface area contributed by atoms with Crippen molar-refractivity contribution in [1.29, 1.82) is 0 Å². The van der Waals surface area contributed by atoms with Gasteiger partial charge in [0.15, 0.2) is 5.78 Å². The monoisotopic (exact) mass is 358 g/mol. The highest BCUT2D eigenvalue weighted by molar-refractivity contribution is 6.00. The minimum absolute atomic E-state index is 0.0218. The van der Waals surface area contributed by atoms with Crippen molar-refractivity contribution < 1.29 is 32.2 Å². The van der Waals surface area contributed by atoms with E-state index in [0.29, 0.717) is 22.6 Å². The molecule has 0 amide bonds. The molecule has 0 spiro atoms. The van der Waals surface area contributed by atoms with Crippen molar-refractivity contribution in [3.05, 3.63) is 35.4 Å². The minimum Gasteiger partial charge on any atom is -0.497 e. The van der Waals surface area contributed by atoms with E-state index < -0.39 is 18.2 Å². The quantitative estimate of drug-likeness (QED) is 0.565. The highest BCUT2D eigenvalue weighted by Gasteiger charge is 2.45.